The van der Waals surface area contributed by atoms with Crippen molar-refractivity contribution in [1.29, 1.82) is 5.26 Å². The molecule has 5 rings (SSSR count). The number of nitrogens with one attached hydrogen (secondary N) is 1. The summed E-state index contributed by atoms with van der Waals surface area (Å²) in [6.45, 7) is 0.0781. The van der Waals surface area contributed by atoms with Gasteiger partial charge in [0.25, 0.3) is 17.2 Å². The monoisotopic (exact) mass is 538 g/mol. The van der Waals surface area contributed by atoms with Gasteiger partial charge in [-0.1, -0.05) is 18.2 Å². The Morgan fingerprint density at radius 2 is 1.85 bits per heavy atom. The van der Waals surface area contributed by atoms with Crippen LogP contribution in [0.25, 0.3) is 28.7 Å². The number of benzene rings is 2. The second kappa shape index (κ2) is 10.9. The molecule has 0 spiro atoms. The van der Waals surface area contributed by atoms with Crippen LogP contribution in [0.4, 0.5) is 5.69 Å². The van der Waals surface area contributed by atoms with E-state index in [1.54, 1.807) is 66.7 Å². The largest absolute Gasteiger partial charge is 0.467 e. The molecule has 0 bridgehead atoms. The van der Waals surface area contributed by atoms with E-state index in [1.165, 1.54) is 29.0 Å². The summed E-state index contributed by atoms with van der Waals surface area (Å²) in [4.78, 5) is 36.9. The number of para-hydroxylation sites is 1. The Labute approximate surface area is 224 Å². The highest BCUT2D eigenvalue weighted by Gasteiger charge is 2.17. The van der Waals surface area contributed by atoms with E-state index in [0.717, 1.165) is 11.3 Å². The minimum atomic E-state index is -0.648. The number of nitrogens with zero attached hydrogens (tertiary/aromatic N) is 3. The highest BCUT2D eigenvalue weighted by Crippen LogP contribution is 2.24. The lowest BCUT2D eigenvalue weighted by molar-refractivity contribution is -0.384. The van der Waals surface area contributed by atoms with Crippen LogP contribution in [0.1, 0.15) is 11.5 Å². The topological polar surface area (TPSA) is 144 Å². The first-order valence-corrected chi connectivity index (χ1v) is 12.3. The average molecular weight is 539 g/mol. The zero-order valence-electron chi connectivity index (χ0n) is 20.1. The van der Waals surface area contributed by atoms with Crippen LogP contribution in [0.15, 0.2) is 98.8 Å². The number of hydrogen-bond acceptors (Lipinski definition) is 8. The van der Waals surface area contributed by atoms with E-state index in [-0.39, 0.29) is 27.0 Å². The Morgan fingerprint density at radius 1 is 1.08 bits per heavy atom. The first kappa shape index (κ1) is 25.2. The summed E-state index contributed by atoms with van der Waals surface area (Å²) in [5.74, 6) is 0.680. The Bertz CT molecular complexity index is 1880. The SMILES string of the molecule is N#C/C(C(=O)NCc1ccco1)=c1/s/c(=C\c2ccc(-c3ccc([N+](=O)[O-])cc3)o2)c(=O)n1-c1ccccc1. The molecule has 5 aromatic rings. The summed E-state index contributed by atoms with van der Waals surface area (Å²) >= 11 is 0.987. The van der Waals surface area contributed by atoms with E-state index in [4.69, 9.17) is 8.83 Å². The summed E-state index contributed by atoms with van der Waals surface area (Å²) < 4.78 is 12.8. The van der Waals surface area contributed by atoms with E-state index in [9.17, 15) is 25.0 Å². The van der Waals surface area contributed by atoms with Crippen molar-refractivity contribution in [1.82, 2.24) is 9.88 Å². The molecule has 0 saturated heterocycles. The van der Waals surface area contributed by atoms with Crippen LogP contribution in [0.2, 0.25) is 0 Å². The molecule has 2 aromatic carbocycles. The van der Waals surface area contributed by atoms with Crippen LogP contribution >= 0.6 is 11.3 Å². The Hall–Kier alpha value is -5.47. The number of amides is 1. The van der Waals surface area contributed by atoms with Crippen molar-refractivity contribution in [2.45, 2.75) is 6.54 Å². The van der Waals surface area contributed by atoms with Gasteiger partial charge in [-0.15, -0.1) is 11.3 Å². The number of furan rings is 2. The van der Waals surface area contributed by atoms with Crippen LogP contribution in [-0.4, -0.2) is 15.4 Å². The van der Waals surface area contributed by atoms with Gasteiger partial charge in [0.2, 0.25) is 0 Å². The number of carbonyl (C=O) groups excluding carboxylic acids is 1. The fourth-order valence-electron chi connectivity index (χ4n) is 3.79. The van der Waals surface area contributed by atoms with Gasteiger partial charge in [-0.25, -0.2) is 0 Å². The van der Waals surface area contributed by atoms with E-state index >= 15 is 0 Å². The summed E-state index contributed by atoms with van der Waals surface area (Å²) in [7, 11) is 0. The maximum Gasteiger partial charge on any atom is 0.273 e. The lowest BCUT2D eigenvalue weighted by Gasteiger charge is -2.04. The maximum absolute atomic E-state index is 13.5. The number of nitriles is 1. The van der Waals surface area contributed by atoms with Crippen molar-refractivity contribution < 1.29 is 18.6 Å². The first-order valence-electron chi connectivity index (χ1n) is 11.5. The molecule has 0 radical (unpaired) electrons. The Kier molecular flexibility index (Phi) is 7.02. The lowest BCUT2D eigenvalue weighted by Crippen LogP contribution is -2.33. The number of rotatable bonds is 7. The quantitative estimate of drug-likeness (QED) is 0.247. The third kappa shape index (κ3) is 5.31. The summed E-state index contributed by atoms with van der Waals surface area (Å²) in [6, 6.07) is 23.3. The fourth-order valence-corrected chi connectivity index (χ4v) is 4.87. The smallest absolute Gasteiger partial charge is 0.273 e. The number of nitro benzene ring substituents is 1. The third-order valence-corrected chi connectivity index (χ3v) is 6.75. The van der Waals surface area contributed by atoms with Gasteiger partial charge in [-0.3, -0.25) is 24.3 Å². The van der Waals surface area contributed by atoms with Crippen molar-refractivity contribution in [3.63, 3.8) is 0 Å². The predicted octanol–water partition coefficient (Wildman–Crippen LogP) is 3.48. The second-order valence-corrected chi connectivity index (χ2v) is 9.18. The summed E-state index contributed by atoms with van der Waals surface area (Å²) in [5.41, 5.74) is 0.426. The van der Waals surface area contributed by atoms with Gasteiger partial charge in [-0.05, 0) is 48.5 Å². The summed E-state index contributed by atoms with van der Waals surface area (Å²) in [6.07, 6.45) is 3.01. The molecular weight excluding hydrogens is 520 g/mol. The van der Waals surface area contributed by atoms with Crippen molar-refractivity contribution in [3.8, 4) is 23.1 Å². The standard InChI is InChI=1S/C28H18N4O6S/c29-16-23(26(33)30-17-22-7-4-14-37-22)28-31(19-5-2-1-3-6-19)27(34)25(39-28)15-21-12-13-24(38-21)18-8-10-20(11-9-18)32(35)36/h1-15H,17H2,(H,30,33)/b25-15-,28-23-. The number of aromatic nitrogens is 1. The highest BCUT2D eigenvalue weighted by atomic mass is 32.1. The molecule has 3 heterocycles. The Morgan fingerprint density at radius 3 is 2.51 bits per heavy atom. The van der Waals surface area contributed by atoms with Gasteiger partial charge >= 0.3 is 0 Å². The van der Waals surface area contributed by atoms with Crippen LogP contribution in [0, 0.1) is 21.4 Å². The zero-order chi connectivity index (χ0) is 27.4. The normalized spacial score (nSPS) is 12.1. The fraction of sp³-hybridized carbons (Fsp3) is 0.0357. The predicted molar refractivity (Wildman–Crippen MR) is 143 cm³/mol. The lowest BCUT2D eigenvalue weighted by atomic mass is 10.1. The highest BCUT2D eigenvalue weighted by molar-refractivity contribution is 7.07. The molecule has 0 aliphatic heterocycles. The van der Waals surface area contributed by atoms with Gasteiger partial charge in [0, 0.05) is 23.8 Å². The van der Waals surface area contributed by atoms with Gasteiger partial charge in [-0.2, -0.15) is 5.26 Å². The van der Waals surface area contributed by atoms with Gasteiger partial charge in [0.05, 0.1) is 28.0 Å². The number of thiazole rings is 1. The molecule has 10 nitrogen and oxygen atoms in total. The van der Waals surface area contributed by atoms with E-state index in [0.29, 0.717) is 28.5 Å². The van der Waals surface area contributed by atoms with Crippen LogP contribution in [0.3, 0.4) is 0 Å². The number of hydrogen-bond donors (Lipinski definition) is 1. The average Bonchev–Trinajstić information content (AvgIpc) is 3.70. The molecule has 0 aliphatic rings. The van der Waals surface area contributed by atoms with Crippen molar-refractivity contribution in [2.75, 3.05) is 0 Å². The number of nitro groups is 1. The van der Waals surface area contributed by atoms with Gasteiger partial charge in [0.1, 0.15) is 28.0 Å². The zero-order valence-corrected chi connectivity index (χ0v) is 20.9. The van der Waals surface area contributed by atoms with Crippen LogP contribution in [0.5, 0.6) is 0 Å². The van der Waals surface area contributed by atoms with E-state index in [1.807, 2.05) is 6.07 Å². The van der Waals surface area contributed by atoms with Crippen molar-refractivity contribution in [2.24, 2.45) is 0 Å². The molecule has 192 valence electrons. The molecular formula is C28H18N4O6S. The van der Waals surface area contributed by atoms with Crippen LogP contribution in [-0.2, 0) is 11.3 Å². The molecule has 1 amide bonds. The minimum Gasteiger partial charge on any atom is -0.467 e. The maximum atomic E-state index is 13.5. The molecule has 0 saturated carbocycles. The second-order valence-electron chi connectivity index (χ2n) is 8.15. The Balaban J connectivity index is 1.59. The first-order chi connectivity index (χ1) is 18.9. The molecule has 0 fully saturated rings. The number of non-ortho nitro benzene ring substituents is 1. The van der Waals surface area contributed by atoms with E-state index < -0.39 is 16.4 Å². The van der Waals surface area contributed by atoms with E-state index in [2.05, 4.69) is 5.32 Å². The van der Waals surface area contributed by atoms with Gasteiger partial charge in [0.15, 0.2) is 5.57 Å². The van der Waals surface area contributed by atoms with Crippen LogP contribution < -0.4 is 20.1 Å². The number of carbonyl (C=O) groups is 1. The minimum absolute atomic E-state index is 0.0394. The van der Waals surface area contributed by atoms with Crippen molar-refractivity contribution in [3.05, 3.63) is 126 Å². The molecule has 1 N–H and O–H groups in total. The molecule has 0 atom stereocenters. The molecule has 0 aliphatic carbocycles. The molecule has 0 unspecified atom stereocenters. The summed E-state index contributed by atoms with van der Waals surface area (Å²) in [5, 5.41) is 23.5. The van der Waals surface area contributed by atoms with Gasteiger partial charge < -0.3 is 14.2 Å². The third-order valence-electron chi connectivity index (χ3n) is 5.66. The van der Waals surface area contributed by atoms with Crippen molar-refractivity contribution >= 4 is 34.6 Å². The molecule has 39 heavy (non-hydrogen) atoms. The molecule has 11 heteroatoms. The molecule has 3 aromatic heterocycles.